The first-order valence-electron chi connectivity index (χ1n) is 61.8. The van der Waals surface area contributed by atoms with E-state index in [4.69, 9.17) is 0 Å². The van der Waals surface area contributed by atoms with Crippen molar-refractivity contribution >= 4 is 962 Å². The van der Waals surface area contributed by atoms with Gasteiger partial charge in [-0.15, -0.1) is 0 Å². The highest BCUT2D eigenvalue weighted by Gasteiger charge is 2.73. The fourth-order valence-electron chi connectivity index (χ4n) is 39.9. The third kappa shape index (κ3) is 38.6. The van der Waals surface area contributed by atoms with E-state index in [1.807, 2.05) is 0 Å². The molecular weight excluding hydrogens is 1470 g/mol. The molecular formula is H138B136. The lowest BCUT2D eigenvalue weighted by Gasteiger charge is -2.65. The molecule has 0 aromatic carbocycles. The number of hydrogen-bond acceptors (Lipinski definition) is 0. The van der Waals surface area contributed by atoms with Gasteiger partial charge in [-0.2, -0.15) is 0 Å². The van der Waals surface area contributed by atoms with Crippen molar-refractivity contribution < 1.29 is 0 Å². The maximum atomic E-state index is 2.98. The topological polar surface area (TPSA) is 0 Å². The van der Waals surface area contributed by atoms with Crippen LogP contribution < -0.4 is 0 Å². The van der Waals surface area contributed by atoms with Crippen molar-refractivity contribution in [2.24, 2.45) is 0 Å². The van der Waals surface area contributed by atoms with E-state index < -0.39 is 0 Å². The summed E-state index contributed by atoms with van der Waals surface area (Å²) in [6.07, 6.45) is 29.1. The zero-order chi connectivity index (χ0) is 108. The van der Waals surface area contributed by atoms with Crippen LogP contribution in [-0.2, 0) is 0 Å². The van der Waals surface area contributed by atoms with Crippen molar-refractivity contribution in [2.75, 3.05) is 0 Å². The molecule has 0 saturated heterocycles. The summed E-state index contributed by atoms with van der Waals surface area (Å²) in [7, 11) is 198. The fourth-order valence-corrected chi connectivity index (χ4v) is 39.9. The van der Waals surface area contributed by atoms with Crippen LogP contribution in [0.3, 0.4) is 0 Å². The largest absolute Gasteiger partial charge is 0.0552 e. The fraction of sp³-hybridized carbons (Fsp3) is 0. The van der Waals surface area contributed by atoms with Gasteiger partial charge in [0.1, 0.15) is 0 Å². The minimum atomic E-state index is 0.262. The predicted octanol–water partition coefficient (Wildman–Crippen LogP) is -88.7. The third-order valence-corrected chi connectivity index (χ3v) is 40.8. The lowest BCUT2D eigenvalue weighted by molar-refractivity contribution is 3.10. The van der Waals surface area contributed by atoms with Gasteiger partial charge in [-0.3, -0.25) is 0 Å². The van der Waals surface area contributed by atoms with Crippen LogP contribution in [0.15, 0.2) is 0 Å². The second-order valence-corrected chi connectivity index (χ2v) is 61.6. The minimum Gasteiger partial charge on any atom is 0.0000000949 e. The summed E-state index contributed by atoms with van der Waals surface area (Å²) in [4.78, 5) is 0. The lowest BCUT2D eigenvalue weighted by atomic mass is 8.16. The molecule has 0 aliphatic heterocycles. The zero-order valence-electron chi connectivity index (χ0n) is 108. The number of rotatable bonds is 66. The maximum Gasteiger partial charge on any atom is 0.0552 e. The summed E-state index contributed by atoms with van der Waals surface area (Å²) in [5, 5.41) is 0. The normalized spacial score (nSPS) is 9.88. The van der Waals surface area contributed by atoms with E-state index in [1.54, 1.807) is 0 Å². The molecule has 0 nitrogen and oxygen atoms in total. The van der Waals surface area contributed by atoms with Gasteiger partial charge in [0.25, 0.3) is 0 Å². The summed E-state index contributed by atoms with van der Waals surface area (Å²) in [6, 6.07) is 0. The van der Waals surface area contributed by atoms with Gasteiger partial charge in [0.15, 0.2) is 0 Å². The van der Waals surface area contributed by atoms with Crippen molar-refractivity contribution in [1.82, 2.24) is 0 Å². The second-order valence-electron chi connectivity index (χ2n) is 61.6. The Morgan fingerprint density at radius 3 is 0.132 bits per heavy atom. The Hall–Kier alpha value is 8.83. The molecule has 0 bridgehead atoms. The van der Waals surface area contributed by atoms with Crippen LogP contribution in [0.25, 0.3) is 0 Å². The van der Waals surface area contributed by atoms with E-state index in [-0.39, 0.29) is 12.8 Å². The quantitative estimate of drug-likeness (QED) is 0.0533. The average molecular weight is 1610 g/mol. The molecule has 0 aliphatic carbocycles. The van der Waals surface area contributed by atoms with Gasteiger partial charge >= 0.3 is 0 Å². The monoisotopic (exact) mass is 1640 g/mol. The molecule has 0 unspecified atom stereocenters. The summed E-state index contributed by atoms with van der Waals surface area (Å²) < 4.78 is 0. The summed E-state index contributed by atoms with van der Waals surface area (Å²) in [5.41, 5.74) is 0. The molecule has 0 fully saturated rings. The van der Waals surface area contributed by atoms with Crippen molar-refractivity contribution in [3.63, 3.8) is 0 Å². The van der Waals surface area contributed by atoms with E-state index in [9.17, 15) is 0 Å². The third-order valence-electron chi connectivity index (χ3n) is 40.8. The maximum absolute atomic E-state index is 2.98. The van der Waals surface area contributed by atoms with Crippen LogP contribution in [0.2, 0.25) is 0 Å². The highest BCUT2D eigenvalue weighted by Crippen LogP contribution is 2.34. The predicted molar refractivity (Wildman–Crippen MR) is 975 cm³/mol. The molecule has 136 heavy (non-hydrogen) atoms. The molecule has 0 rings (SSSR count). The van der Waals surface area contributed by atoms with Gasteiger partial charge in [0.05, 0.1) is 534 Å². The van der Waals surface area contributed by atoms with Crippen LogP contribution in [0.5, 0.6) is 0 Å². The van der Waals surface area contributed by atoms with E-state index >= 15 is 0 Å². The molecule has 136 heteroatoms. The highest BCUT2D eigenvalue weighted by molar-refractivity contribution is 8.48. The van der Waals surface area contributed by atoms with Gasteiger partial charge in [-0.25, -0.2) is 0 Å². The molecule has 0 aromatic heterocycles. The van der Waals surface area contributed by atoms with Crippen molar-refractivity contribution in [3.05, 3.63) is 0 Å². The molecule has 0 aromatic rings. The molecule has 0 N–H and O–H groups in total. The Kier molecular flexibility index (Phi) is 71.0. The lowest BCUT2D eigenvalue weighted by Crippen LogP contribution is -3.03. The smallest absolute Gasteiger partial charge is 0.0000000949 e. The first kappa shape index (κ1) is 145. The van der Waals surface area contributed by atoms with Crippen LogP contribution in [0.1, 0.15) is 0 Å². The van der Waals surface area contributed by atoms with Crippen molar-refractivity contribution in [2.45, 2.75) is 0 Å². The Bertz CT molecular complexity index is 2370. The number of hydrogen-bond donors (Lipinski definition) is 0. The highest BCUT2D eigenvalue weighted by atomic mass is 13.5. The van der Waals surface area contributed by atoms with Gasteiger partial charge in [0.2, 0.25) is 0 Å². The molecule has 0 saturated carbocycles. The summed E-state index contributed by atoms with van der Waals surface area (Å²) in [6.45, 7) is 0. The summed E-state index contributed by atoms with van der Waals surface area (Å²) >= 11 is 0. The Morgan fingerprint density at radius 2 is 0.0882 bits per heavy atom. The second kappa shape index (κ2) is 66.6. The minimum absolute atomic E-state index is 0.262. The molecule has 0 spiro atoms. The van der Waals surface area contributed by atoms with Crippen LogP contribution >= 0.6 is 0 Å². The van der Waals surface area contributed by atoms with E-state index in [2.05, 4.69) is 534 Å². The van der Waals surface area contributed by atoms with Crippen LogP contribution in [0.4, 0.5) is 0 Å². The van der Waals surface area contributed by atoms with E-state index in [0.29, 0.717) is 415 Å². The van der Waals surface area contributed by atoms with Gasteiger partial charge in [-0.1, -0.05) is 0 Å². The molecule has 0 aliphatic rings. The first-order chi connectivity index (χ1) is 61.8. The Labute approximate surface area is 951 Å². The molecule has 0 radical (unpaired) electrons. The zero-order valence-corrected chi connectivity index (χ0v) is 108. The summed E-state index contributed by atoms with van der Waals surface area (Å²) in [5.74, 6) is 0. The Balaban J connectivity index is 18.0. The molecule has 0 atom stereocenters. The van der Waals surface area contributed by atoms with Crippen molar-refractivity contribution in [3.8, 4) is 0 Å². The standard InChI is InChI=1S/B136H138/c1-70(2)104(69)121(103(67)68)130(122(105(71(3)4)72(5)6)106(73(7)8)74(9)10)134(129(119(99(59)60)100(61)62)120(101(63)64)102(65)66)136(133(127(115(91(43)44)92(45)46)116(93(47)48)94(49)50)128(117(95(51)52)96(53)54)118(97(55)56)98(57)58)135(131(123(107(75(11)12)76(13)14)108(77(15)16)78(17)18)124(109(79(19)20)80(21)22)110(81(23)24)82(25)26)132(125(111(83(27)28)84(29)30)112(85(31)32)86(33)34)126(113(87(35)36)88(37)38)114(89(39)40)90(41)42/h1-69H2. The van der Waals surface area contributed by atoms with Crippen molar-refractivity contribution in [1.29, 1.82) is 0 Å². The SMILES string of the molecule is BB(B)B(B)B(B(B)B)B(B(B(B(B)B)B(B)B)B(B(B)B)B(B)B)B(B(B(B(B)B)B(B)B)B(B(B)B)B(B)B)B(B(B(B(B(B)B)B(B)B)B(B(B)B)B(B)B)B(B(B(B)B)B(B)B)B(B(B)B)B(B)B)B(B(B(B(B(B)B)B(B)B)B(B(B)B)B(B)B)B(B(B(B)B)B(B)B)B(B(B)B)B(B)B)B(B(B(B(B)B)B(B)B)B(B(B)B)B(B)B)B(B(B(B)B)B(B)B)B(B(B)B)B(B)B. The van der Waals surface area contributed by atoms with Gasteiger partial charge < -0.3 is 0 Å². The average Bonchev–Trinajstić information content (AvgIpc) is 0.696. The van der Waals surface area contributed by atoms with E-state index in [0.717, 1.165) is 0 Å². The molecule has 546 valence electrons. The first-order valence-corrected chi connectivity index (χ1v) is 61.8. The van der Waals surface area contributed by atoms with E-state index in [1.165, 1.54) is 0 Å². The molecule has 0 heterocycles. The molecule has 0 amide bonds. The van der Waals surface area contributed by atoms with Crippen LogP contribution in [-0.4, -0.2) is 962 Å². The van der Waals surface area contributed by atoms with Gasteiger partial charge in [0, 0.05) is 428 Å². The van der Waals surface area contributed by atoms with Crippen LogP contribution in [0, 0.1) is 0 Å². The van der Waals surface area contributed by atoms with Gasteiger partial charge in [-0.05, 0) is 0 Å². The Morgan fingerprint density at radius 1 is 0.0441 bits per heavy atom.